The van der Waals surface area contributed by atoms with Crippen LogP contribution in [0.2, 0.25) is 0 Å². The van der Waals surface area contributed by atoms with Crippen molar-refractivity contribution < 1.29 is 5.11 Å². The summed E-state index contributed by atoms with van der Waals surface area (Å²) < 4.78 is 0. The molecule has 0 radical (unpaired) electrons. The first kappa shape index (κ1) is 13.1. The van der Waals surface area contributed by atoms with Gasteiger partial charge in [0.05, 0.1) is 6.61 Å². The van der Waals surface area contributed by atoms with Gasteiger partial charge in [0, 0.05) is 17.4 Å². The Morgan fingerprint density at radius 3 is 2.90 bits per heavy atom. The second-order valence-electron chi connectivity index (χ2n) is 5.52. The van der Waals surface area contributed by atoms with Crippen LogP contribution in [0.5, 0.6) is 0 Å². The number of aromatic nitrogens is 1. The van der Waals surface area contributed by atoms with Crippen LogP contribution in [-0.2, 0) is 13.0 Å². The van der Waals surface area contributed by atoms with Crippen molar-refractivity contribution in [2.24, 2.45) is 0 Å². The summed E-state index contributed by atoms with van der Waals surface area (Å²) in [6.45, 7) is 4.27. The average Bonchev–Trinajstić information content (AvgIpc) is 2.46. The molecule has 0 saturated heterocycles. The number of para-hydroxylation sites is 1. The van der Waals surface area contributed by atoms with Crippen LogP contribution in [0.1, 0.15) is 30.2 Å². The highest BCUT2D eigenvalue weighted by Gasteiger charge is 2.25. The largest absolute Gasteiger partial charge is 0.392 e. The van der Waals surface area contributed by atoms with Crippen molar-refractivity contribution in [3.05, 3.63) is 53.2 Å². The molecule has 2 heterocycles. The van der Waals surface area contributed by atoms with E-state index in [0.29, 0.717) is 6.04 Å². The normalized spacial score (nSPS) is 17.9. The van der Waals surface area contributed by atoms with Crippen LogP contribution in [0, 0.1) is 6.92 Å². The van der Waals surface area contributed by atoms with Crippen LogP contribution in [0.25, 0.3) is 0 Å². The van der Waals surface area contributed by atoms with Crippen LogP contribution >= 0.6 is 0 Å². The zero-order valence-corrected chi connectivity index (χ0v) is 12.0. The van der Waals surface area contributed by atoms with E-state index in [1.54, 1.807) is 0 Å². The number of aliphatic hydroxyl groups excluding tert-OH is 1. The van der Waals surface area contributed by atoms with Gasteiger partial charge in [0.1, 0.15) is 5.82 Å². The van der Waals surface area contributed by atoms with Crippen LogP contribution < -0.4 is 4.90 Å². The van der Waals surface area contributed by atoms with Gasteiger partial charge in [-0.1, -0.05) is 18.2 Å². The first-order valence-corrected chi connectivity index (χ1v) is 7.14. The maximum Gasteiger partial charge on any atom is 0.133 e. The van der Waals surface area contributed by atoms with Crippen molar-refractivity contribution in [1.29, 1.82) is 0 Å². The van der Waals surface area contributed by atoms with E-state index in [9.17, 15) is 5.11 Å². The molecule has 104 valence electrons. The van der Waals surface area contributed by atoms with Gasteiger partial charge in [-0.05, 0) is 56.0 Å². The second kappa shape index (κ2) is 5.25. The number of rotatable bonds is 2. The van der Waals surface area contributed by atoms with Crippen LogP contribution in [0.4, 0.5) is 11.5 Å². The topological polar surface area (TPSA) is 36.4 Å². The Bertz CT molecular complexity index is 624. The molecule has 0 bridgehead atoms. The predicted octanol–water partition coefficient (Wildman–Crippen LogP) is 3.36. The van der Waals surface area contributed by atoms with Gasteiger partial charge < -0.3 is 10.0 Å². The lowest BCUT2D eigenvalue weighted by molar-refractivity contribution is 0.281. The minimum absolute atomic E-state index is 0.0558. The molecule has 1 atom stereocenters. The van der Waals surface area contributed by atoms with E-state index in [0.717, 1.165) is 29.9 Å². The van der Waals surface area contributed by atoms with Gasteiger partial charge in [0.2, 0.25) is 0 Å². The van der Waals surface area contributed by atoms with E-state index in [2.05, 4.69) is 41.1 Å². The van der Waals surface area contributed by atoms with Crippen molar-refractivity contribution >= 4 is 11.5 Å². The summed E-state index contributed by atoms with van der Waals surface area (Å²) in [5.41, 5.74) is 4.48. The van der Waals surface area contributed by atoms with Crippen LogP contribution in [0.15, 0.2) is 36.4 Å². The van der Waals surface area contributed by atoms with E-state index in [1.807, 2.05) is 19.1 Å². The molecule has 20 heavy (non-hydrogen) atoms. The molecule has 1 aromatic heterocycles. The number of nitrogens with zero attached hydrogens (tertiary/aromatic N) is 2. The standard InChI is InChI=1S/C17H20N2O/c1-12-9-14(11-20)10-17(18-12)19-13(2)7-8-15-5-3-4-6-16(15)19/h3-6,9-10,13,20H,7-8,11H2,1-2H3. The van der Waals surface area contributed by atoms with Gasteiger partial charge in [-0.2, -0.15) is 0 Å². The molecule has 3 nitrogen and oxygen atoms in total. The lowest BCUT2D eigenvalue weighted by Crippen LogP contribution is -2.34. The summed E-state index contributed by atoms with van der Waals surface area (Å²) >= 11 is 0. The van der Waals surface area contributed by atoms with Gasteiger partial charge in [0.15, 0.2) is 0 Å². The SMILES string of the molecule is Cc1cc(CO)cc(N2c3ccccc3CCC2C)n1. The highest BCUT2D eigenvalue weighted by Crippen LogP contribution is 2.36. The maximum atomic E-state index is 9.40. The van der Waals surface area contributed by atoms with Gasteiger partial charge in [-0.15, -0.1) is 0 Å². The Morgan fingerprint density at radius 1 is 1.30 bits per heavy atom. The lowest BCUT2D eigenvalue weighted by atomic mass is 9.96. The fraction of sp³-hybridized carbons (Fsp3) is 0.353. The highest BCUT2D eigenvalue weighted by atomic mass is 16.3. The molecule has 0 aliphatic carbocycles. The van der Waals surface area contributed by atoms with Gasteiger partial charge in [-0.3, -0.25) is 0 Å². The van der Waals surface area contributed by atoms with Crippen LogP contribution in [-0.4, -0.2) is 16.1 Å². The number of benzene rings is 1. The predicted molar refractivity (Wildman–Crippen MR) is 81.3 cm³/mol. The number of pyridine rings is 1. The molecule has 1 aliphatic rings. The fourth-order valence-corrected chi connectivity index (χ4v) is 2.97. The number of fused-ring (bicyclic) bond motifs is 1. The van der Waals surface area contributed by atoms with Gasteiger partial charge >= 0.3 is 0 Å². The zero-order chi connectivity index (χ0) is 14.1. The molecular weight excluding hydrogens is 248 g/mol. The maximum absolute atomic E-state index is 9.40. The number of hydrogen-bond donors (Lipinski definition) is 1. The van der Waals surface area contributed by atoms with Crippen molar-refractivity contribution in [1.82, 2.24) is 4.98 Å². The number of aliphatic hydroxyl groups is 1. The molecule has 0 saturated carbocycles. The summed E-state index contributed by atoms with van der Waals surface area (Å²) in [7, 11) is 0. The summed E-state index contributed by atoms with van der Waals surface area (Å²) in [5.74, 6) is 0.939. The van der Waals surface area contributed by atoms with Crippen LogP contribution in [0.3, 0.4) is 0 Å². The molecule has 2 aromatic rings. The van der Waals surface area contributed by atoms with Gasteiger partial charge in [0.25, 0.3) is 0 Å². The molecule has 1 unspecified atom stereocenters. The van der Waals surface area contributed by atoms with E-state index < -0.39 is 0 Å². The summed E-state index contributed by atoms with van der Waals surface area (Å²) in [4.78, 5) is 6.97. The Morgan fingerprint density at radius 2 is 2.10 bits per heavy atom. The molecule has 0 fully saturated rings. The van der Waals surface area contributed by atoms with Crippen molar-refractivity contribution in [3.8, 4) is 0 Å². The lowest BCUT2D eigenvalue weighted by Gasteiger charge is -2.36. The fourth-order valence-electron chi connectivity index (χ4n) is 2.97. The minimum Gasteiger partial charge on any atom is -0.392 e. The summed E-state index contributed by atoms with van der Waals surface area (Å²) in [6.07, 6.45) is 2.24. The van der Waals surface area contributed by atoms with Crippen molar-refractivity contribution in [2.45, 2.75) is 39.3 Å². The van der Waals surface area contributed by atoms with Crippen molar-refractivity contribution in [3.63, 3.8) is 0 Å². The molecule has 0 amide bonds. The van der Waals surface area contributed by atoms with E-state index in [1.165, 1.54) is 11.3 Å². The monoisotopic (exact) mass is 268 g/mol. The Labute approximate surface area is 119 Å². The number of hydrogen-bond acceptors (Lipinski definition) is 3. The molecule has 1 N–H and O–H groups in total. The van der Waals surface area contributed by atoms with E-state index in [-0.39, 0.29) is 6.61 Å². The third kappa shape index (κ3) is 2.29. The molecule has 1 aliphatic heterocycles. The quantitative estimate of drug-likeness (QED) is 0.907. The number of aryl methyl sites for hydroxylation is 2. The smallest absolute Gasteiger partial charge is 0.133 e. The summed E-state index contributed by atoms with van der Waals surface area (Å²) in [5, 5.41) is 9.40. The molecule has 0 spiro atoms. The van der Waals surface area contributed by atoms with Gasteiger partial charge in [-0.25, -0.2) is 4.98 Å². The highest BCUT2D eigenvalue weighted by molar-refractivity contribution is 5.66. The third-order valence-electron chi connectivity index (χ3n) is 3.95. The second-order valence-corrected chi connectivity index (χ2v) is 5.52. The summed E-state index contributed by atoms with van der Waals surface area (Å²) in [6, 6.07) is 12.9. The first-order valence-electron chi connectivity index (χ1n) is 7.14. The number of anilines is 2. The van der Waals surface area contributed by atoms with E-state index >= 15 is 0 Å². The van der Waals surface area contributed by atoms with E-state index in [4.69, 9.17) is 0 Å². The third-order valence-corrected chi connectivity index (χ3v) is 3.95. The Hall–Kier alpha value is -1.87. The minimum atomic E-state index is 0.0558. The molecule has 3 heteroatoms. The molecule has 3 rings (SSSR count). The molecular formula is C17H20N2O. The zero-order valence-electron chi connectivity index (χ0n) is 12.0. The Kier molecular flexibility index (Phi) is 3.45. The average molecular weight is 268 g/mol. The van der Waals surface area contributed by atoms with Crippen molar-refractivity contribution in [2.75, 3.05) is 4.90 Å². The molecule has 1 aromatic carbocycles. The Balaban J connectivity index is 2.11. The first-order chi connectivity index (χ1) is 9.69.